The van der Waals surface area contributed by atoms with Gasteiger partial charge >= 0.3 is 0 Å². The van der Waals surface area contributed by atoms with Crippen molar-refractivity contribution >= 4 is 15.9 Å². The van der Waals surface area contributed by atoms with Gasteiger partial charge in [0, 0.05) is 38.1 Å². The van der Waals surface area contributed by atoms with E-state index in [0.29, 0.717) is 49.1 Å². The van der Waals surface area contributed by atoms with E-state index < -0.39 is 21.5 Å². The molecular formula is C33H39N3O4S. The summed E-state index contributed by atoms with van der Waals surface area (Å²) in [6.45, 7) is 3.57. The smallest absolute Gasteiger partial charge is 0.256 e. The van der Waals surface area contributed by atoms with Crippen molar-refractivity contribution in [3.8, 4) is 0 Å². The van der Waals surface area contributed by atoms with Gasteiger partial charge in [0.15, 0.2) is 5.60 Å². The number of sulfonamides is 1. The molecule has 8 heteroatoms. The second-order valence-electron chi connectivity index (χ2n) is 12.1. The maximum absolute atomic E-state index is 13.8. The summed E-state index contributed by atoms with van der Waals surface area (Å²) in [7, 11) is -3.68. The number of carbonyl (C=O) groups is 1. The number of fused-ring (bicyclic) bond motifs is 2. The summed E-state index contributed by atoms with van der Waals surface area (Å²) in [5.41, 5.74) is 0.149. The summed E-state index contributed by atoms with van der Waals surface area (Å²) in [6, 6.07) is 27.6. The summed E-state index contributed by atoms with van der Waals surface area (Å²) in [5.74, 6) is 0.721. The Hall–Kier alpha value is -3.04. The quantitative estimate of drug-likeness (QED) is 0.342. The van der Waals surface area contributed by atoms with Crippen LogP contribution >= 0.6 is 0 Å². The first kappa shape index (κ1) is 28.1. The van der Waals surface area contributed by atoms with E-state index in [9.17, 15) is 18.3 Å². The van der Waals surface area contributed by atoms with Crippen LogP contribution in [0, 0.1) is 23.7 Å². The number of rotatable bonds is 10. The lowest BCUT2D eigenvalue weighted by atomic mass is 9.61. The fourth-order valence-electron chi connectivity index (χ4n) is 7.33. The Morgan fingerprint density at radius 1 is 0.854 bits per heavy atom. The molecule has 2 saturated heterocycles. The minimum atomic E-state index is -3.68. The first-order valence-corrected chi connectivity index (χ1v) is 16.2. The first-order valence-electron chi connectivity index (χ1n) is 14.7. The fourth-order valence-corrected chi connectivity index (χ4v) is 8.64. The second kappa shape index (κ2) is 11.7. The highest BCUT2D eigenvalue weighted by atomic mass is 32.2. The third kappa shape index (κ3) is 5.84. The highest BCUT2D eigenvalue weighted by molar-refractivity contribution is 7.89. The topological polar surface area (TPSA) is 98.7 Å². The molecule has 2 saturated carbocycles. The largest absolute Gasteiger partial charge is 0.375 e. The van der Waals surface area contributed by atoms with Crippen molar-refractivity contribution in [3.63, 3.8) is 0 Å². The summed E-state index contributed by atoms with van der Waals surface area (Å²) >= 11 is 0. The van der Waals surface area contributed by atoms with Crippen LogP contribution < -0.4 is 10.0 Å². The fraction of sp³-hybridized carbons (Fsp3) is 0.424. The molecule has 3 unspecified atom stereocenters. The molecule has 3 aromatic rings. The zero-order chi connectivity index (χ0) is 28.5. The van der Waals surface area contributed by atoms with Gasteiger partial charge in [-0.15, -0.1) is 0 Å². The highest BCUT2D eigenvalue weighted by Crippen LogP contribution is 2.46. The Labute approximate surface area is 243 Å². The van der Waals surface area contributed by atoms with Crippen LogP contribution in [-0.2, 0) is 27.0 Å². The average molecular weight is 574 g/mol. The van der Waals surface area contributed by atoms with Crippen LogP contribution in [0.25, 0.3) is 0 Å². The molecule has 1 amide bonds. The molecule has 0 radical (unpaired) electrons. The lowest BCUT2D eigenvalue weighted by Crippen LogP contribution is -2.59. The van der Waals surface area contributed by atoms with Crippen LogP contribution in [0.3, 0.4) is 0 Å². The Kier molecular flexibility index (Phi) is 8.01. The van der Waals surface area contributed by atoms with Crippen molar-refractivity contribution in [2.24, 2.45) is 23.7 Å². The molecule has 3 aromatic carbocycles. The maximum Gasteiger partial charge on any atom is 0.256 e. The number of carbonyl (C=O) groups excluding carboxylic acids is 1. The zero-order valence-corrected chi connectivity index (χ0v) is 24.0. The number of benzene rings is 3. The van der Waals surface area contributed by atoms with E-state index in [1.54, 1.807) is 42.5 Å². The molecule has 216 valence electrons. The molecule has 7 nitrogen and oxygen atoms in total. The van der Waals surface area contributed by atoms with E-state index in [2.05, 4.69) is 39.2 Å². The van der Waals surface area contributed by atoms with Crippen molar-refractivity contribution in [3.05, 3.63) is 102 Å². The van der Waals surface area contributed by atoms with Gasteiger partial charge in [-0.3, -0.25) is 9.69 Å². The number of hydrogen-bond acceptors (Lipinski definition) is 5. The lowest BCUT2D eigenvalue weighted by molar-refractivity contribution is -0.148. The van der Waals surface area contributed by atoms with Gasteiger partial charge in [-0.25, -0.2) is 13.1 Å². The van der Waals surface area contributed by atoms with E-state index in [-0.39, 0.29) is 16.8 Å². The van der Waals surface area contributed by atoms with E-state index in [1.807, 2.05) is 24.3 Å². The normalized spacial score (nSPS) is 27.5. The molecular weight excluding hydrogens is 534 g/mol. The van der Waals surface area contributed by atoms with Crippen molar-refractivity contribution in [2.75, 3.05) is 19.6 Å². The van der Waals surface area contributed by atoms with Crippen LogP contribution in [0.5, 0.6) is 0 Å². The molecule has 0 aromatic heterocycles. The van der Waals surface area contributed by atoms with Crippen LogP contribution in [0.4, 0.5) is 0 Å². The van der Waals surface area contributed by atoms with Gasteiger partial charge in [0.25, 0.3) is 5.91 Å². The summed E-state index contributed by atoms with van der Waals surface area (Å²) in [5, 5.41) is 15.2. The van der Waals surface area contributed by atoms with Crippen molar-refractivity contribution < 1.29 is 18.3 Å². The van der Waals surface area contributed by atoms with Gasteiger partial charge in [-0.1, -0.05) is 78.9 Å². The molecule has 3 N–H and O–H groups in total. The standard InChI is InChI=1S/C33H39N3O4S/c37-32(34-20-31-25-18-26(31)23-36(22-25)21-24-10-4-1-5-11-24)33(38,27-12-6-2-7-13-27)28-16-17-29(19-28)35-41(39,40)30-14-8-3-9-15-30/h1-15,25-26,28-29,31,35,38H,16-23H2,(H,34,37)/t25-,26-,28?,29?,33?/m0/s1. The Morgan fingerprint density at radius 2 is 1.46 bits per heavy atom. The van der Waals surface area contributed by atoms with Crippen LogP contribution in [0.1, 0.15) is 36.8 Å². The van der Waals surface area contributed by atoms with Crippen LogP contribution in [0.2, 0.25) is 0 Å². The molecule has 4 aliphatic rings. The number of hydrogen-bond donors (Lipinski definition) is 3. The average Bonchev–Trinajstić information content (AvgIpc) is 3.46. The maximum atomic E-state index is 13.8. The van der Waals surface area contributed by atoms with Gasteiger partial charge in [0.2, 0.25) is 10.0 Å². The van der Waals surface area contributed by atoms with Crippen LogP contribution in [0.15, 0.2) is 95.9 Å². The molecule has 5 atom stereocenters. The van der Waals surface area contributed by atoms with E-state index in [1.165, 1.54) is 12.0 Å². The third-order valence-corrected chi connectivity index (χ3v) is 11.0. The monoisotopic (exact) mass is 573 g/mol. The second-order valence-corrected chi connectivity index (χ2v) is 13.8. The van der Waals surface area contributed by atoms with E-state index >= 15 is 0 Å². The number of piperidine rings is 2. The molecule has 2 aliphatic carbocycles. The predicted molar refractivity (Wildman–Crippen MR) is 158 cm³/mol. The van der Waals surface area contributed by atoms with Crippen molar-refractivity contribution in [1.82, 2.24) is 14.9 Å². The van der Waals surface area contributed by atoms with Gasteiger partial charge in [0.05, 0.1) is 4.90 Å². The highest BCUT2D eigenvalue weighted by Gasteiger charge is 2.50. The van der Waals surface area contributed by atoms with E-state index in [4.69, 9.17) is 0 Å². The number of aliphatic hydroxyl groups is 1. The molecule has 41 heavy (non-hydrogen) atoms. The van der Waals surface area contributed by atoms with E-state index in [0.717, 1.165) is 19.6 Å². The number of nitrogens with one attached hydrogen (secondary N) is 2. The van der Waals surface area contributed by atoms with Crippen LogP contribution in [-0.4, -0.2) is 50.0 Å². The predicted octanol–water partition coefficient (Wildman–Crippen LogP) is 3.91. The SMILES string of the molecule is O=C(NCC1[C@H]2C[C@H]1CN(Cc1ccccc1)C2)C(O)(c1ccccc1)C1CCC(NS(=O)(=O)c2ccccc2)C1. The van der Waals surface area contributed by atoms with Crippen molar-refractivity contribution in [2.45, 2.75) is 48.8 Å². The summed E-state index contributed by atoms with van der Waals surface area (Å²) < 4.78 is 28.7. The molecule has 2 heterocycles. The zero-order valence-electron chi connectivity index (χ0n) is 23.2. The molecule has 7 rings (SSSR count). The van der Waals surface area contributed by atoms with Crippen molar-refractivity contribution in [1.29, 1.82) is 0 Å². The molecule has 2 bridgehead atoms. The Bertz CT molecular complexity index is 1430. The third-order valence-electron chi connectivity index (χ3n) is 9.51. The van der Waals surface area contributed by atoms with Gasteiger partial charge < -0.3 is 10.4 Å². The molecule has 0 spiro atoms. The number of nitrogens with zero attached hydrogens (tertiary/aromatic N) is 1. The summed E-state index contributed by atoms with van der Waals surface area (Å²) in [6.07, 6.45) is 2.68. The minimum Gasteiger partial charge on any atom is -0.375 e. The Morgan fingerprint density at radius 3 is 2.12 bits per heavy atom. The van der Waals surface area contributed by atoms with Gasteiger partial charge in [0.1, 0.15) is 0 Å². The van der Waals surface area contributed by atoms with Gasteiger partial charge in [-0.05, 0) is 66.7 Å². The minimum absolute atomic E-state index is 0.216. The molecule has 4 fully saturated rings. The summed E-state index contributed by atoms with van der Waals surface area (Å²) in [4.78, 5) is 16.6. The first-order chi connectivity index (χ1) is 19.8. The van der Waals surface area contributed by atoms with Gasteiger partial charge in [-0.2, -0.15) is 0 Å². The number of amides is 1. The Balaban J connectivity index is 1.10. The molecule has 2 aliphatic heterocycles. The lowest BCUT2D eigenvalue weighted by Gasteiger charge is -2.54.